The van der Waals surface area contributed by atoms with Crippen LogP contribution in [0.2, 0.25) is 0 Å². The van der Waals surface area contributed by atoms with Crippen molar-refractivity contribution >= 4 is 17.6 Å². The number of carbonyl (C=O) groups is 1. The average Bonchev–Trinajstić information content (AvgIpc) is 3.49. The average molecular weight is 444 g/mol. The van der Waals surface area contributed by atoms with Crippen LogP contribution >= 0.6 is 0 Å². The molecule has 2 aromatic carbocycles. The summed E-state index contributed by atoms with van der Waals surface area (Å²) in [5.74, 6) is 1.48. The Bertz CT molecular complexity index is 1240. The molecule has 168 valence electrons. The zero-order valence-electron chi connectivity index (χ0n) is 18.1. The predicted molar refractivity (Wildman–Crippen MR) is 125 cm³/mol. The number of likely N-dealkylation sites (tertiary alicyclic amines) is 1. The van der Waals surface area contributed by atoms with E-state index in [9.17, 15) is 9.90 Å². The minimum Gasteiger partial charge on any atom is -0.491 e. The van der Waals surface area contributed by atoms with E-state index in [1.54, 1.807) is 0 Å². The summed E-state index contributed by atoms with van der Waals surface area (Å²) >= 11 is 0. The lowest BCUT2D eigenvalue weighted by Crippen LogP contribution is -2.37. The van der Waals surface area contributed by atoms with Gasteiger partial charge in [-0.25, -0.2) is 14.3 Å². The summed E-state index contributed by atoms with van der Waals surface area (Å²) in [5, 5.41) is 17.3. The summed E-state index contributed by atoms with van der Waals surface area (Å²) in [7, 11) is 0. The molecule has 1 aliphatic heterocycles. The van der Waals surface area contributed by atoms with Crippen molar-refractivity contribution < 1.29 is 14.6 Å². The van der Waals surface area contributed by atoms with Gasteiger partial charge < -0.3 is 20.1 Å². The summed E-state index contributed by atoms with van der Waals surface area (Å²) in [6, 6.07) is 21.7. The standard InChI is InChI=1S/C25H25N5O3/c31-25(32)29-14-4-7-20(29)17-33-21-10-8-19(9-11-21)22-16-27-24-13-12-23(28-30(22)24)26-15-18-5-2-1-3-6-18/h1-3,5-6,8-13,16,20H,4,7,14-15,17H2,(H,26,28)(H,31,32)/t20-/m0/s1. The molecule has 3 heterocycles. The first-order valence-corrected chi connectivity index (χ1v) is 11.0. The smallest absolute Gasteiger partial charge is 0.407 e. The summed E-state index contributed by atoms with van der Waals surface area (Å²) in [6.45, 7) is 1.63. The number of fused-ring (bicyclic) bond motifs is 1. The highest BCUT2D eigenvalue weighted by atomic mass is 16.5. The van der Waals surface area contributed by atoms with Gasteiger partial charge in [-0.15, -0.1) is 5.10 Å². The summed E-state index contributed by atoms with van der Waals surface area (Å²) in [4.78, 5) is 17.2. The number of benzene rings is 2. The Hall–Kier alpha value is -4.07. The fourth-order valence-electron chi connectivity index (χ4n) is 4.13. The minimum atomic E-state index is -0.880. The lowest BCUT2D eigenvalue weighted by atomic mass is 10.1. The highest BCUT2D eigenvalue weighted by molar-refractivity contribution is 5.66. The molecule has 2 N–H and O–H groups in total. The number of amides is 1. The number of imidazole rings is 1. The Morgan fingerprint density at radius 3 is 2.70 bits per heavy atom. The maximum atomic E-state index is 11.3. The van der Waals surface area contributed by atoms with Crippen molar-refractivity contribution in [3.63, 3.8) is 0 Å². The summed E-state index contributed by atoms with van der Waals surface area (Å²) in [6.07, 6.45) is 2.64. The van der Waals surface area contributed by atoms with Crippen molar-refractivity contribution in [1.82, 2.24) is 19.5 Å². The van der Waals surface area contributed by atoms with E-state index in [2.05, 4.69) is 22.4 Å². The second-order valence-corrected chi connectivity index (χ2v) is 8.08. The quantitative estimate of drug-likeness (QED) is 0.436. The van der Waals surface area contributed by atoms with Gasteiger partial charge in [0.05, 0.1) is 17.9 Å². The molecule has 4 aromatic rings. The monoisotopic (exact) mass is 443 g/mol. The maximum Gasteiger partial charge on any atom is 0.407 e. The topological polar surface area (TPSA) is 92.0 Å². The van der Waals surface area contributed by atoms with Gasteiger partial charge in [0, 0.05) is 18.7 Å². The van der Waals surface area contributed by atoms with E-state index >= 15 is 0 Å². The second-order valence-electron chi connectivity index (χ2n) is 8.08. The van der Waals surface area contributed by atoms with E-state index in [0.29, 0.717) is 25.4 Å². The molecule has 0 radical (unpaired) electrons. The van der Waals surface area contributed by atoms with Gasteiger partial charge in [0.15, 0.2) is 5.65 Å². The number of carboxylic acid groups (broad SMARTS) is 1. The normalized spacial score (nSPS) is 15.6. The van der Waals surface area contributed by atoms with E-state index in [-0.39, 0.29) is 6.04 Å². The Labute approximate surface area is 191 Å². The van der Waals surface area contributed by atoms with E-state index in [1.807, 2.05) is 65.3 Å². The first-order chi connectivity index (χ1) is 16.2. The zero-order chi connectivity index (χ0) is 22.6. The number of hydrogen-bond acceptors (Lipinski definition) is 5. The molecule has 0 aliphatic carbocycles. The van der Waals surface area contributed by atoms with Gasteiger partial charge in [-0.1, -0.05) is 30.3 Å². The molecular formula is C25H25N5O3. The third-order valence-electron chi connectivity index (χ3n) is 5.89. The molecular weight excluding hydrogens is 418 g/mol. The highest BCUT2D eigenvalue weighted by Crippen LogP contribution is 2.25. The molecule has 0 unspecified atom stereocenters. The predicted octanol–water partition coefficient (Wildman–Crippen LogP) is 4.53. The molecule has 0 saturated carbocycles. The van der Waals surface area contributed by atoms with Crippen LogP contribution in [0.1, 0.15) is 18.4 Å². The number of nitrogens with one attached hydrogen (secondary N) is 1. The number of anilines is 1. The molecule has 1 saturated heterocycles. The summed E-state index contributed by atoms with van der Waals surface area (Å²) in [5.41, 5.74) is 3.80. The van der Waals surface area contributed by atoms with Crippen molar-refractivity contribution in [3.8, 4) is 17.0 Å². The van der Waals surface area contributed by atoms with Crippen LogP contribution in [0.4, 0.5) is 10.6 Å². The molecule has 33 heavy (non-hydrogen) atoms. The number of aromatic nitrogens is 3. The van der Waals surface area contributed by atoms with Crippen molar-refractivity contribution in [2.75, 3.05) is 18.5 Å². The minimum absolute atomic E-state index is 0.0908. The fourth-order valence-corrected chi connectivity index (χ4v) is 4.13. The van der Waals surface area contributed by atoms with Gasteiger partial charge in [-0.2, -0.15) is 0 Å². The number of ether oxygens (including phenoxy) is 1. The SMILES string of the molecule is O=C(O)N1CCC[C@H]1COc1ccc(-c2cnc3ccc(NCc4ccccc4)nn23)cc1. The maximum absolute atomic E-state index is 11.3. The highest BCUT2D eigenvalue weighted by Gasteiger charge is 2.28. The largest absolute Gasteiger partial charge is 0.491 e. The Morgan fingerprint density at radius 2 is 1.91 bits per heavy atom. The van der Waals surface area contributed by atoms with Crippen LogP contribution in [0.5, 0.6) is 5.75 Å². The third kappa shape index (κ3) is 4.59. The Balaban J connectivity index is 1.28. The van der Waals surface area contributed by atoms with Crippen LogP contribution in [-0.4, -0.2) is 49.9 Å². The van der Waals surface area contributed by atoms with Crippen molar-refractivity contribution in [2.45, 2.75) is 25.4 Å². The molecule has 0 spiro atoms. The summed E-state index contributed by atoms with van der Waals surface area (Å²) < 4.78 is 7.70. The second kappa shape index (κ2) is 9.20. The molecule has 5 rings (SSSR count). The van der Waals surface area contributed by atoms with Crippen molar-refractivity contribution in [3.05, 3.63) is 78.5 Å². The molecule has 8 nitrogen and oxygen atoms in total. The van der Waals surface area contributed by atoms with Crippen LogP contribution in [0, 0.1) is 0 Å². The lowest BCUT2D eigenvalue weighted by Gasteiger charge is -2.21. The van der Waals surface area contributed by atoms with Gasteiger partial charge in [0.1, 0.15) is 18.2 Å². The first-order valence-electron chi connectivity index (χ1n) is 11.0. The Kier molecular flexibility index (Phi) is 5.80. The van der Waals surface area contributed by atoms with Gasteiger partial charge in [0.25, 0.3) is 0 Å². The van der Waals surface area contributed by atoms with Crippen LogP contribution in [0.15, 0.2) is 72.9 Å². The van der Waals surface area contributed by atoms with E-state index in [4.69, 9.17) is 9.84 Å². The van der Waals surface area contributed by atoms with Crippen molar-refractivity contribution in [1.29, 1.82) is 0 Å². The number of hydrogen-bond donors (Lipinski definition) is 2. The lowest BCUT2D eigenvalue weighted by molar-refractivity contribution is 0.123. The van der Waals surface area contributed by atoms with Crippen LogP contribution in [0.25, 0.3) is 16.9 Å². The van der Waals surface area contributed by atoms with Crippen molar-refractivity contribution in [2.24, 2.45) is 0 Å². The molecule has 0 bridgehead atoms. The number of rotatable bonds is 7. The third-order valence-corrected chi connectivity index (χ3v) is 5.89. The zero-order valence-corrected chi connectivity index (χ0v) is 18.1. The molecule has 8 heteroatoms. The van der Waals surface area contributed by atoms with Gasteiger partial charge in [0.2, 0.25) is 0 Å². The van der Waals surface area contributed by atoms with Gasteiger partial charge >= 0.3 is 6.09 Å². The van der Waals surface area contributed by atoms with E-state index in [0.717, 1.165) is 35.6 Å². The molecule has 1 atom stereocenters. The molecule has 1 aliphatic rings. The van der Waals surface area contributed by atoms with Crippen LogP contribution < -0.4 is 10.1 Å². The van der Waals surface area contributed by atoms with Crippen LogP contribution in [0.3, 0.4) is 0 Å². The van der Waals surface area contributed by atoms with E-state index in [1.165, 1.54) is 10.5 Å². The molecule has 1 fully saturated rings. The molecule has 2 aromatic heterocycles. The van der Waals surface area contributed by atoms with Crippen LogP contribution in [-0.2, 0) is 6.54 Å². The Morgan fingerprint density at radius 1 is 1.09 bits per heavy atom. The molecule has 1 amide bonds. The number of nitrogens with zero attached hydrogens (tertiary/aromatic N) is 4. The van der Waals surface area contributed by atoms with Gasteiger partial charge in [-0.3, -0.25) is 0 Å². The fraction of sp³-hybridized carbons (Fsp3) is 0.240. The van der Waals surface area contributed by atoms with Gasteiger partial charge in [-0.05, 0) is 54.8 Å². The first kappa shape index (κ1) is 20.8. The van der Waals surface area contributed by atoms with E-state index < -0.39 is 6.09 Å².